The van der Waals surface area contributed by atoms with Crippen LogP contribution in [-0.2, 0) is 9.84 Å². The number of amides is 1. The molecule has 1 aliphatic rings. The Morgan fingerprint density at radius 1 is 1.09 bits per heavy atom. The van der Waals surface area contributed by atoms with Gasteiger partial charge in [-0.3, -0.25) is 4.90 Å². The maximum atomic E-state index is 12.5. The van der Waals surface area contributed by atoms with E-state index in [1.807, 2.05) is 0 Å². The molecule has 2 aromatic rings. The number of ether oxygens (including phenoxy) is 1. The average molecular weight is 319 g/mol. The zero-order valence-corrected chi connectivity index (χ0v) is 12.3. The van der Waals surface area contributed by atoms with Gasteiger partial charge < -0.3 is 9.84 Å². The number of hydrogen-bond acceptors (Lipinski definition) is 4. The lowest BCUT2D eigenvalue weighted by atomic mass is 10.2. The molecule has 0 spiro atoms. The largest absolute Gasteiger partial charge is 0.489 e. The van der Waals surface area contributed by atoms with E-state index in [4.69, 9.17) is 9.84 Å². The summed E-state index contributed by atoms with van der Waals surface area (Å²) < 4.78 is 30.5. The third kappa shape index (κ3) is 2.39. The third-order valence-electron chi connectivity index (χ3n) is 3.39. The number of rotatable bonds is 2. The van der Waals surface area contributed by atoms with Crippen LogP contribution in [-0.4, -0.2) is 32.8 Å². The van der Waals surface area contributed by atoms with Crippen LogP contribution in [0.4, 0.5) is 10.5 Å². The molecule has 1 amide bonds. The molecule has 0 fully saturated rings. The summed E-state index contributed by atoms with van der Waals surface area (Å²) in [5.74, 6) is 0.255. The van der Waals surface area contributed by atoms with E-state index in [0.717, 1.165) is 4.90 Å². The number of sulfone groups is 1. The summed E-state index contributed by atoms with van der Waals surface area (Å²) in [5, 5.41) is 9.14. The lowest BCUT2D eigenvalue weighted by Crippen LogP contribution is -2.36. The minimum Gasteiger partial charge on any atom is -0.489 e. The lowest BCUT2D eigenvalue weighted by molar-refractivity contribution is 0.196. The monoisotopic (exact) mass is 319 g/mol. The van der Waals surface area contributed by atoms with Crippen LogP contribution in [0.5, 0.6) is 5.75 Å². The van der Waals surface area contributed by atoms with E-state index in [9.17, 15) is 13.2 Å². The van der Waals surface area contributed by atoms with Gasteiger partial charge in [0.25, 0.3) is 0 Å². The van der Waals surface area contributed by atoms with Gasteiger partial charge in [-0.15, -0.1) is 0 Å². The van der Waals surface area contributed by atoms with Crippen LogP contribution in [0.1, 0.15) is 0 Å². The number of benzene rings is 2. The van der Waals surface area contributed by atoms with Crippen molar-refractivity contribution in [1.29, 1.82) is 0 Å². The fourth-order valence-corrected chi connectivity index (χ4v) is 3.60. The van der Waals surface area contributed by atoms with Crippen LogP contribution in [0.15, 0.2) is 58.3 Å². The first kappa shape index (κ1) is 14.4. The van der Waals surface area contributed by atoms with Crippen LogP contribution in [0, 0.1) is 0 Å². The zero-order valence-electron chi connectivity index (χ0n) is 11.5. The fraction of sp³-hybridized carbons (Fsp3) is 0.133. The number of anilines is 1. The molecule has 1 aliphatic heterocycles. The smallest absolute Gasteiger partial charge is 0.412 e. The number of fused-ring (bicyclic) bond motifs is 1. The van der Waals surface area contributed by atoms with Crippen LogP contribution in [0.2, 0.25) is 0 Å². The van der Waals surface area contributed by atoms with Crippen molar-refractivity contribution < 1.29 is 23.1 Å². The maximum absolute atomic E-state index is 12.5. The van der Waals surface area contributed by atoms with E-state index < -0.39 is 15.9 Å². The van der Waals surface area contributed by atoms with Crippen molar-refractivity contribution in [3.8, 4) is 5.75 Å². The van der Waals surface area contributed by atoms with Gasteiger partial charge in [0, 0.05) is 6.07 Å². The van der Waals surface area contributed by atoms with E-state index in [-0.39, 0.29) is 28.7 Å². The summed E-state index contributed by atoms with van der Waals surface area (Å²) in [4.78, 5) is 12.6. The molecule has 3 rings (SSSR count). The van der Waals surface area contributed by atoms with E-state index in [1.165, 1.54) is 30.3 Å². The van der Waals surface area contributed by atoms with Crippen LogP contribution < -0.4 is 9.64 Å². The van der Waals surface area contributed by atoms with Crippen LogP contribution >= 0.6 is 0 Å². The van der Waals surface area contributed by atoms with Crippen molar-refractivity contribution in [3.05, 3.63) is 48.5 Å². The molecule has 1 heterocycles. The molecule has 0 aliphatic carbocycles. The highest BCUT2D eigenvalue weighted by Gasteiger charge is 2.26. The van der Waals surface area contributed by atoms with Gasteiger partial charge in [-0.25, -0.2) is 13.2 Å². The molecular weight excluding hydrogens is 306 g/mol. The summed E-state index contributed by atoms with van der Waals surface area (Å²) >= 11 is 0. The first-order valence-electron chi connectivity index (χ1n) is 6.57. The molecule has 0 radical (unpaired) electrons. The Morgan fingerprint density at radius 3 is 2.50 bits per heavy atom. The average Bonchev–Trinajstić information content (AvgIpc) is 2.54. The first-order chi connectivity index (χ1) is 10.5. The Labute approximate surface area is 127 Å². The minimum absolute atomic E-state index is 0.0738. The maximum Gasteiger partial charge on any atom is 0.412 e. The van der Waals surface area contributed by atoms with Gasteiger partial charge in [0.1, 0.15) is 12.4 Å². The standard InChI is InChI=1S/C15H13NO5S/c17-15(18)16-8-9-21-14-10-12(6-7-13(14)16)22(19,20)11-4-2-1-3-5-11/h1-7,10H,8-9H2,(H,17,18). The molecule has 1 N–H and O–H groups in total. The minimum atomic E-state index is -3.66. The van der Waals surface area contributed by atoms with Crippen molar-refractivity contribution >= 4 is 21.6 Å². The highest BCUT2D eigenvalue weighted by atomic mass is 32.2. The molecule has 0 unspecified atom stereocenters. The molecule has 0 bridgehead atoms. The summed E-state index contributed by atoms with van der Waals surface area (Å²) in [6.07, 6.45) is -1.09. The van der Waals surface area contributed by atoms with Gasteiger partial charge in [0.2, 0.25) is 9.84 Å². The number of carbonyl (C=O) groups is 1. The second-order valence-corrected chi connectivity index (χ2v) is 6.68. The summed E-state index contributed by atoms with van der Waals surface area (Å²) in [6, 6.07) is 12.3. The fourth-order valence-electron chi connectivity index (χ4n) is 2.30. The zero-order chi connectivity index (χ0) is 15.7. The molecule has 7 heteroatoms. The van der Waals surface area contributed by atoms with E-state index in [0.29, 0.717) is 5.69 Å². The Morgan fingerprint density at radius 2 is 1.82 bits per heavy atom. The molecular formula is C15H13NO5S. The van der Waals surface area contributed by atoms with E-state index in [1.54, 1.807) is 18.2 Å². The highest BCUT2D eigenvalue weighted by molar-refractivity contribution is 7.91. The van der Waals surface area contributed by atoms with Gasteiger partial charge in [-0.2, -0.15) is 0 Å². The molecule has 2 aromatic carbocycles. The van der Waals surface area contributed by atoms with Crippen molar-refractivity contribution in [1.82, 2.24) is 0 Å². The molecule has 0 aromatic heterocycles. The number of nitrogens with zero attached hydrogens (tertiary/aromatic N) is 1. The highest BCUT2D eigenvalue weighted by Crippen LogP contribution is 2.35. The van der Waals surface area contributed by atoms with Gasteiger partial charge in [-0.1, -0.05) is 18.2 Å². The summed E-state index contributed by atoms with van der Waals surface area (Å²) in [5.41, 5.74) is 0.353. The van der Waals surface area contributed by atoms with Gasteiger partial charge in [0.15, 0.2) is 0 Å². The van der Waals surface area contributed by atoms with E-state index >= 15 is 0 Å². The summed E-state index contributed by atoms with van der Waals surface area (Å²) in [6.45, 7) is 0.404. The molecule has 6 nitrogen and oxygen atoms in total. The van der Waals surface area contributed by atoms with Gasteiger partial charge >= 0.3 is 6.09 Å². The predicted octanol–water partition coefficient (Wildman–Crippen LogP) is 2.40. The Bertz CT molecular complexity index is 817. The topological polar surface area (TPSA) is 83.9 Å². The SMILES string of the molecule is O=C(O)N1CCOc2cc(S(=O)(=O)c3ccccc3)ccc21. The normalized spacial score (nSPS) is 14.1. The van der Waals surface area contributed by atoms with Crippen molar-refractivity contribution in [2.75, 3.05) is 18.1 Å². The third-order valence-corrected chi connectivity index (χ3v) is 5.16. The molecule has 0 atom stereocenters. The molecule has 0 saturated carbocycles. The van der Waals surface area contributed by atoms with Gasteiger partial charge in [-0.05, 0) is 24.3 Å². The van der Waals surface area contributed by atoms with Gasteiger partial charge in [0.05, 0.1) is 22.0 Å². The Balaban J connectivity index is 2.06. The van der Waals surface area contributed by atoms with Crippen molar-refractivity contribution in [2.24, 2.45) is 0 Å². The van der Waals surface area contributed by atoms with Crippen LogP contribution in [0.3, 0.4) is 0 Å². The second kappa shape index (κ2) is 5.34. The summed E-state index contributed by atoms with van der Waals surface area (Å²) in [7, 11) is -3.66. The van der Waals surface area contributed by atoms with Crippen molar-refractivity contribution in [3.63, 3.8) is 0 Å². The Hall–Kier alpha value is -2.54. The number of hydrogen-bond donors (Lipinski definition) is 1. The first-order valence-corrected chi connectivity index (χ1v) is 8.06. The molecule has 22 heavy (non-hydrogen) atoms. The molecule has 114 valence electrons. The Kier molecular flexibility index (Phi) is 3.50. The quantitative estimate of drug-likeness (QED) is 0.919. The predicted molar refractivity (Wildman–Crippen MR) is 79.2 cm³/mol. The second-order valence-electron chi connectivity index (χ2n) is 4.73. The van der Waals surface area contributed by atoms with Crippen molar-refractivity contribution in [2.45, 2.75) is 9.79 Å². The van der Waals surface area contributed by atoms with E-state index in [2.05, 4.69) is 0 Å². The molecule has 0 saturated heterocycles. The van der Waals surface area contributed by atoms with Crippen LogP contribution in [0.25, 0.3) is 0 Å². The lowest BCUT2D eigenvalue weighted by Gasteiger charge is -2.27. The number of carboxylic acid groups (broad SMARTS) is 1.